The summed E-state index contributed by atoms with van der Waals surface area (Å²) in [4.78, 5) is 7.22. The van der Waals surface area contributed by atoms with Gasteiger partial charge in [-0.05, 0) is 12.8 Å². The molecule has 4 nitrogen and oxygen atoms in total. The van der Waals surface area contributed by atoms with Crippen LogP contribution in [0.5, 0.6) is 0 Å². The van der Waals surface area contributed by atoms with Crippen molar-refractivity contribution in [1.82, 2.24) is 9.97 Å². The Hall–Kier alpha value is -1.03. The van der Waals surface area contributed by atoms with Gasteiger partial charge in [0.15, 0.2) is 5.95 Å². The standard InChI is InChI=1S/C10H19N3O/c1-8(2)7-14-5-4-11-10-12-6-9(3)13-10/h6,8H,4-5,7H2,1-3H3,(H2,11,12,13). The van der Waals surface area contributed by atoms with Crippen LogP contribution in [0.1, 0.15) is 19.5 Å². The lowest BCUT2D eigenvalue weighted by Crippen LogP contribution is -2.12. The van der Waals surface area contributed by atoms with Gasteiger partial charge in [0.25, 0.3) is 0 Å². The van der Waals surface area contributed by atoms with Gasteiger partial charge in [-0.25, -0.2) is 4.98 Å². The summed E-state index contributed by atoms with van der Waals surface area (Å²) in [5.41, 5.74) is 1.07. The second kappa shape index (κ2) is 5.65. The average Bonchev–Trinajstić information content (AvgIpc) is 2.50. The van der Waals surface area contributed by atoms with Gasteiger partial charge >= 0.3 is 0 Å². The van der Waals surface area contributed by atoms with Crippen molar-refractivity contribution in [3.63, 3.8) is 0 Å². The summed E-state index contributed by atoms with van der Waals surface area (Å²) in [6.45, 7) is 8.59. The summed E-state index contributed by atoms with van der Waals surface area (Å²) in [5.74, 6) is 1.41. The molecule has 1 aromatic rings. The van der Waals surface area contributed by atoms with Crippen molar-refractivity contribution in [1.29, 1.82) is 0 Å². The molecule has 0 bridgehead atoms. The highest BCUT2D eigenvalue weighted by Crippen LogP contribution is 1.99. The first-order valence-corrected chi connectivity index (χ1v) is 5.01. The van der Waals surface area contributed by atoms with Crippen LogP contribution in [0.3, 0.4) is 0 Å². The lowest BCUT2D eigenvalue weighted by molar-refractivity contribution is 0.118. The van der Waals surface area contributed by atoms with E-state index in [1.807, 2.05) is 6.92 Å². The molecule has 0 aliphatic carbocycles. The molecule has 0 spiro atoms. The molecule has 0 atom stereocenters. The van der Waals surface area contributed by atoms with Crippen LogP contribution < -0.4 is 5.32 Å². The van der Waals surface area contributed by atoms with Crippen LogP contribution >= 0.6 is 0 Å². The summed E-state index contributed by atoms with van der Waals surface area (Å²) in [7, 11) is 0. The first-order valence-electron chi connectivity index (χ1n) is 5.01. The molecule has 0 radical (unpaired) electrons. The zero-order valence-corrected chi connectivity index (χ0v) is 9.13. The normalized spacial score (nSPS) is 10.9. The van der Waals surface area contributed by atoms with Gasteiger partial charge in [-0.2, -0.15) is 0 Å². The fourth-order valence-corrected chi connectivity index (χ4v) is 1.06. The van der Waals surface area contributed by atoms with Gasteiger partial charge in [0.05, 0.1) is 6.61 Å². The SMILES string of the molecule is Cc1cnc(NCCOCC(C)C)[nH]1. The van der Waals surface area contributed by atoms with Gasteiger partial charge in [0.1, 0.15) is 0 Å². The number of hydrogen-bond donors (Lipinski definition) is 2. The van der Waals surface area contributed by atoms with Crippen molar-refractivity contribution in [2.45, 2.75) is 20.8 Å². The van der Waals surface area contributed by atoms with Crippen LogP contribution in [-0.2, 0) is 4.74 Å². The Bertz CT molecular complexity index is 258. The Morgan fingerprint density at radius 2 is 2.36 bits per heavy atom. The molecule has 80 valence electrons. The Morgan fingerprint density at radius 3 is 2.93 bits per heavy atom. The van der Waals surface area contributed by atoms with E-state index in [0.29, 0.717) is 5.92 Å². The highest BCUT2D eigenvalue weighted by molar-refractivity contribution is 5.25. The Morgan fingerprint density at radius 1 is 1.57 bits per heavy atom. The highest BCUT2D eigenvalue weighted by atomic mass is 16.5. The Kier molecular flexibility index (Phi) is 4.46. The maximum atomic E-state index is 5.42. The molecule has 0 amide bonds. The van der Waals surface area contributed by atoms with Crippen LogP contribution in [0.15, 0.2) is 6.20 Å². The summed E-state index contributed by atoms with van der Waals surface area (Å²) in [5, 5.41) is 3.15. The van der Waals surface area contributed by atoms with Crippen LogP contribution in [0, 0.1) is 12.8 Å². The number of imidazole rings is 1. The van der Waals surface area contributed by atoms with Crippen molar-refractivity contribution < 1.29 is 4.74 Å². The molecule has 0 aliphatic heterocycles. The third-order valence-electron chi connectivity index (χ3n) is 1.69. The number of nitrogens with one attached hydrogen (secondary N) is 2. The minimum atomic E-state index is 0.598. The van der Waals surface area contributed by atoms with Gasteiger partial charge in [-0.3, -0.25) is 0 Å². The van der Waals surface area contributed by atoms with E-state index >= 15 is 0 Å². The fourth-order valence-electron chi connectivity index (χ4n) is 1.06. The molecule has 1 heterocycles. The largest absolute Gasteiger partial charge is 0.379 e. The number of aromatic amines is 1. The smallest absolute Gasteiger partial charge is 0.200 e. The summed E-state index contributed by atoms with van der Waals surface area (Å²) >= 11 is 0. The van der Waals surface area contributed by atoms with E-state index in [1.54, 1.807) is 6.20 Å². The van der Waals surface area contributed by atoms with Crippen molar-refractivity contribution >= 4 is 5.95 Å². The maximum Gasteiger partial charge on any atom is 0.200 e. The van der Waals surface area contributed by atoms with Crippen molar-refractivity contribution in [2.75, 3.05) is 25.1 Å². The lowest BCUT2D eigenvalue weighted by Gasteiger charge is -2.06. The van der Waals surface area contributed by atoms with Gasteiger partial charge in [-0.1, -0.05) is 13.8 Å². The quantitative estimate of drug-likeness (QED) is 0.684. The molecule has 0 aliphatic rings. The molecule has 0 aromatic carbocycles. The first kappa shape index (κ1) is 11.0. The third kappa shape index (κ3) is 4.28. The lowest BCUT2D eigenvalue weighted by atomic mass is 10.2. The molecule has 0 saturated heterocycles. The van der Waals surface area contributed by atoms with E-state index in [-0.39, 0.29) is 0 Å². The number of hydrogen-bond acceptors (Lipinski definition) is 3. The van der Waals surface area contributed by atoms with Crippen LogP contribution in [0.2, 0.25) is 0 Å². The third-order valence-corrected chi connectivity index (χ3v) is 1.69. The van der Waals surface area contributed by atoms with Crippen molar-refractivity contribution in [2.24, 2.45) is 5.92 Å². The zero-order valence-electron chi connectivity index (χ0n) is 9.13. The van der Waals surface area contributed by atoms with Crippen molar-refractivity contribution in [3.8, 4) is 0 Å². The van der Waals surface area contributed by atoms with Gasteiger partial charge in [0, 0.05) is 25.0 Å². The van der Waals surface area contributed by atoms with Gasteiger partial charge < -0.3 is 15.0 Å². The van der Waals surface area contributed by atoms with Crippen LogP contribution in [0.4, 0.5) is 5.95 Å². The molecule has 1 aromatic heterocycles. The molecule has 14 heavy (non-hydrogen) atoms. The minimum Gasteiger partial charge on any atom is -0.379 e. The molecule has 0 unspecified atom stereocenters. The van der Waals surface area contributed by atoms with E-state index in [4.69, 9.17) is 4.74 Å². The number of nitrogens with zero attached hydrogens (tertiary/aromatic N) is 1. The zero-order chi connectivity index (χ0) is 10.4. The maximum absolute atomic E-state index is 5.42. The topological polar surface area (TPSA) is 49.9 Å². The molecule has 1 rings (SSSR count). The molecular weight excluding hydrogens is 178 g/mol. The fraction of sp³-hybridized carbons (Fsp3) is 0.700. The number of ether oxygens (including phenoxy) is 1. The summed E-state index contributed by atoms with van der Waals surface area (Å²) in [6, 6.07) is 0. The average molecular weight is 197 g/mol. The summed E-state index contributed by atoms with van der Waals surface area (Å²) in [6.07, 6.45) is 1.80. The number of rotatable bonds is 6. The molecular formula is C10H19N3O. The number of aryl methyl sites for hydroxylation is 1. The molecule has 0 fully saturated rings. The first-order chi connectivity index (χ1) is 6.68. The molecule has 0 saturated carbocycles. The number of aromatic nitrogens is 2. The highest BCUT2D eigenvalue weighted by Gasteiger charge is 1.96. The van der Waals surface area contributed by atoms with Gasteiger partial charge in [0.2, 0.25) is 0 Å². The van der Waals surface area contributed by atoms with Crippen molar-refractivity contribution in [3.05, 3.63) is 11.9 Å². The van der Waals surface area contributed by atoms with E-state index in [9.17, 15) is 0 Å². The van der Waals surface area contributed by atoms with E-state index in [0.717, 1.165) is 31.4 Å². The predicted octanol–water partition coefficient (Wildman–Crippen LogP) is 1.80. The van der Waals surface area contributed by atoms with E-state index in [1.165, 1.54) is 0 Å². The Labute approximate surface area is 85.1 Å². The second-order valence-electron chi connectivity index (χ2n) is 3.81. The Balaban J connectivity index is 2.04. The van der Waals surface area contributed by atoms with Crippen LogP contribution in [-0.4, -0.2) is 29.7 Å². The van der Waals surface area contributed by atoms with E-state index in [2.05, 4.69) is 29.1 Å². The second-order valence-corrected chi connectivity index (χ2v) is 3.81. The monoisotopic (exact) mass is 197 g/mol. The molecule has 4 heteroatoms. The number of anilines is 1. The van der Waals surface area contributed by atoms with Crippen LogP contribution in [0.25, 0.3) is 0 Å². The summed E-state index contributed by atoms with van der Waals surface area (Å²) < 4.78 is 5.42. The minimum absolute atomic E-state index is 0.598. The van der Waals surface area contributed by atoms with E-state index < -0.39 is 0 Å². The molecule has 2 N–H and O–H groups in total. The van der Waals surface area contributed by atoms with Gasteiger partial charge in [-0.15, -0.1) is 0 Å². The predicted molar refractivity (Wildman–Crippen MR) is 57.5 cm³/mol. The number of H-pyrrole nitrogens is 1.